The summed E-state index contributed by atoms with van der Waals surface area (Å²) in [5.41, 5.74) is 1.27. The summed E-state index contributed by atoms with van der Waals surface area (Å²) in [5.74, 6) is 0.828. The lowest BCUT2D eigenvalue weighted by atomic mass is 9.84. The van der Waals surface area contributed by atoms with Crippen LogP contribution in [-0.4, -0.2) is 30.8 Å². The van der Waals surface area contributed by atoms with E-state index in [2.05, 4.69) is 34.9 Å². The fraction of sp³-hybridized carbons (Fsp3) is 0.533. The molecule has 4 heteroatoms. The predicted octanol–water partition coefficient (Wildman–Crippen LogP) is 0.328. The predicted molar refractivity (Wildman–Crippen MR) is 81.1 cm³/mol. The Balaban J connectivity index is 1.46. The largest absolute Gasteiger partial charge is 0.359 e. The van der Waals surface area contributed by atoms with Crippen molar-refractivity contribution in [3.8, 4) is 0 Å². The van der Waals surface area contributed by atoms with Gasteiger partial charge in [0.2, 0.25) is 0 Å². The summed E-state index contributed by atoms with van der Waals surface area (Å²) in [6.07, 6.45) is 2.71. The van der Waals surface area contributed by atoms with Crippen molar-refractivity contribution in [2.45, 2.75) is 25.4 Å². The molecular formula is C15H22N3S+. The Hall–Kier alpha value is -1.13. The minimum atomic E-state index is 0.577. The number of quaternary nitrogens is 1. The number of hydrogen-bond acceptors (Lipinski definition) is 1. The first-order valence-corrected chi connectivity index (χ1v) is 7.64. The molecule has 0 amide bonds. The van der Waals surface area contributed by atoms with E-state index in [-0.39, 0.29) is 0 Å². The average molecular weight is 276 g/mol. The number of rotatable bonds is 3. The Labute approximate surface area is 120 Å². The maximum Gasteiger partial charge on any atom is 0.166 e. The zero-order valence-electron chi connectivity index (χ0n) is 11.2. The standard InChI is InChI=1S/C15H21N3S/c19-15(16-10-12-4-2-1-3-5-12)17-14-11-18-8-6-13(14)7-9-18/h1-5,13-14H,6-11H2,(H2,16,17,19)/p+1/t14-/m0/s1. The first kappa shape index (κ1) is 12.9. The summed E-state index contributed by atoms with van der Waals surface area (Å²) in [5, 5.41) is 7.64. The summed E-state index contributed by atoms with van der Waals surface area (Å²) in [6.45, 7) is 4.75. The molecule has 3 N–H and O–H groups in total. The summed E-state index contributed by atoms with van der Waals surface area (Å²) in [4.78, 5) is 1.74. The first-order valence-electron chi connectivity index (χ1n) is 7.23. The lowest BCUT2D eigenvalue weighted by Crippen LogP contribution is -3.17. The molecule has 0 radical (unpaired) electrons. The second-order valence-corrected chi connectivity index (χ2v) is 6.12. The van der Waals surface area contributed by atoms with Gasteiger partial charge in [-0.25, -0.2) is 0 Å². The van der Waals surface area contributed by atoms with Gasteiger partial charge in [-0.15, -0.1) is 0 Å². The van der Waals surface area contributed by atoms with Gasteiger partial charge >= 0.3 is 0 Å². The number of nitrogens with one attached hydrogen (secondary N) is 3. The fourth-order valence-corrected chi connectivity index (χ4v) is 3.52. The van der Waals surface area contributed by atoms with E-state index in [1.54, 1.807) is 4.90 Å². The molecule has 1 atom stereocenters. The van der Waals surface area contributed by atoms with Crippen LogP contribution < -0.4 is 15.5 Å². The zero-order chi connectivity index (χ0) is 13.1. The summed E-state index contributed by atoms with van der Waals surface area (Å²) in [6, 6.07) is 11.0. The molecule has 3 nitrogen and oxygen atoms in total. The van der Waals surface area contributed by atoms with E-state index >= 15 is 0 Å². The van der Waals surface area contributed by atoms with E-state index in [1.807, 2.05) is 6.07 Å². The van der Waals surface area contributed by atoms with Crippen molar-refractivity contribution < 1.29 is 4.90 Å². The lowest BCUT2D eigenvalue weighted by Gasteiger charge is -2.42. The van der Waals surface area contributed by atoms with Gasteiger partial charge < -0.3 is 15.5 Å². The highest BCUT2D eigenvalue weighted by atomic mass is 32.1. The van der Waals surface area contributed by atoms with Gasteiger partial charge in [-0.2, -0.15) is 0 Å². The van der Waals surface area contributed by atoms with Crippen molar-refractivity contribution >= 4 is 17.3 Å². The molecule has 0 spiro atoms. The minimum Gasteiger partial charge on any atom is -0.359 e. The van der Waals surface area contributed by atoms with Gasteiger partial charge in [0.05, 0.1) is 25.7 Å². The van der Waals surface area contributed by atoms with Crippen LogP contribution in [0.4, 0.5) is 0 Å². The fourth-order valence-electron chi connectivity index (χ4n) is 3.30. The zero-order valence-corrected chi connectivity index (χ0v) is 12.0. The second-order valence-electron chi connectivity index (χ2n) is 5.71. The van der Waals surface area contributed by atoms with E-state index in [1.165, 1.54) is 38.0 Å². The number of thiocarbonyl (C=S) groups is 1. The normalized spacial score (nSPS) is 28.9. The van der Waals surface area contributed by atoms with Crippen LogP contribution >= 0.6 is 12.2 Å². The molecule has 102 valence electrons. The highest BCUT2D eigenvalue weighted by Crippen LogP contribution is 2.17. The third kappa shape index (κ3) is 3.25. The highest BCUT2D eigenvalue weighted by Gasteiger charge is 2.37. The Morgan fingerprint density at radius 1 is 1.21 bits per heavy atom. The molecule has 0 unspecified atom stereocenters. The van der Waals surface area contributed by atoms with Gasteiger partial charge in [0.1, 0.15) is 0 Å². The van der Waals surface area contributed by atoms with Crippen LogP contribution in [-0.2, 0) is 6.54 Å². The van der Waals surface area contributed by atoms with Crippen LogP contribution in [0, 0.1) is 5.92 Å². The SMILES string of the molecule is S=C(NCc1ccccc1)N[C@H]1C[NH+]2CCC1CC2. The Morgan fingerprint density at radius 2 is 1.95 bits per heavy atom. The molecule has 3 aliphatic heterocycles. The Kier molecular flexibility index (Phi) is 3.99. The Bertz CT molecular complexity index is 426. The monoisotopic (exact) mass is 276 g/mol. The molecule has 1 aromatic rings. The van der Waals surface area contributed by atoms with Crippen molar-refractivity contribution in [3.05, 3.63) is 35.9 Å². The highest BCUT2D eigenvalue weighted by molar-refractivity contribution is 7.80. The summed E-state index contributed by atoms with van der Waals surface area (Å²) in [7, 11) is 0. The van der Waals surface area contributed by atoms with Crippen LogP contribution in [0.1, 0.15) is 18.4 Å². The van der Waals surface area contributed by atoms with Crippen molar-refractivity contribution in [2.24, 2.45) is 5.92 Å². The summed E-state index contributed by atoms with van der Waals surface area (Å²) < 4.78 is 0. The van der Waals surface area contributed by atoms with E-state index in [0.717, 1.165) is 17.6 Å². The quantitative estimate of drug-likeness (QED) is 0.695. The molecule has 3 saturated heterocycles. The first-order chi connectivity index (χ1) is 9.31. The molecule has 3 heterocycles. The van der Waals surface area contributed by atoms with Gasteiger partial charge in [-0.05, 0) is 23.7 Å². The topological polar surface area (TPSA) is 28.5 Å². The van der Waals surface area contributed by atoms with Crippen molar-refractivity contribution in [2.75, 3.05) is 19.6 Å². The average Bonchev–Trinajstić information content (AvgIpc) is 2.47. The van der Waals surface area contributed by atoms with Crippen LogP contribution in [0.25, 0.3) is 0 Å². The van der Waals surface area contributed by atoms with Gasteiger partial charge in [-0.1, -0.05) is 30.3 Å². The van der Waals surface area contributed by atoms with E-state index in [4.69, 9.17) is 12.2 Å². The van der Waals surface area contributed by atoms with Crippen LogP contribution in [0.5, 0.6) is 0 Å². The third-order valence-electron chi connectivity index (χ3n) is 4.43. The Morgan fingerprint density at radius 3 is 2.58 bits per heavy atom. The van der Waals surface area contributed by atoms with Gasteiger partial charge in [0, 0.05) is 19.4 Å². The molecule has 0 saturated carbocycles. The van der Waals surface area contributed by atoms with Gasteiger partial charge in [0.15, 0.2) is 5.11 Å². The number of fused-ring (bicyclic) bond motifs is 3. The molecule has 2 bridgehead atoms. The number of hydrogen-bond donors (Lipinski definition) is 3. The molecule has 1 aromatic carbocycles. The van der Waals surface area contributed by atoms with Crippen LogP contribution in [0.3, 0.4) is 0 Å². The summed E-state index contributed by atoms with van der Waals surface area (Å²) >= 11 is 5.42. The van der Waals surface area contributed by atoms with E-state index in [9.17, 15) is 0 Å². The van der Waals surface area contributed by atoms with Crippen molar-refractivity contribution in [1.29, 1.82) is 0 Å². The van der Waals surface area contributed by atoms with Crippen LogP contribution in [0.2, 0.25) is 0 Å². The van der Waals surface area contributed by atoms with Gasteiger partial charge in [-0.3, -0.25) is 0 Å². The number of benzene rings is 1. The molecule has 19 heavy (non-hydrogen) atoms. The van der Waals surface area contributed by atoms with Crippen molar-refractivity contribution in [3.63, 3.8) is 0 Å². The molecule has 0 aliphatic carbocycles. The minimum absolute atomic E-state index is 0.577. The molecule has 3 fully saturated rings. The van der Waals surface area contributed by atoms with Crippen LogP contribution in [0.15, 0.2) is 30.3 Å². The molecule has 3 aliphatic rings. The molecule has 0 aromatic heterocycles. The van der Waals surface area contributed by atoms with E-state index < -0.39 is 0 Å². The molecular weight excluding hydrogens is 254 g/mol. The van der Waals surface area contributed by atoms with Crippen molar-refractivity contribution in [1.82, 2.24) is 10.6 Å². The number of piperidine rings is 3. The maximum atomic E-state index is 5.42. The van der Waals surface area contributed by atoms with Gasteiger partial charge in [0.25, 0.3) is 0 Å². The maximum absolute atomic E-state index is 5.42. The molecule has 4 rings (SSSR count). The second kappa shape index (κ2) is 5.88. The smallest absolute Gasteiger partial charge is 0.166 e. The lowest BCUT2D eigenvalue weighted by molar-refractivity contribution is -0.917. The van der Waals surface area contributed by atoms with E-state index in [0.29, 0.717) is 6.04 Å². The third-order valence-corrected chi connectivity index (χ3v) is 4.69.